The fraction of sp³-hybridized carbons (Fsp3) is 0.667. The van der Waals surface area contributed by atoms with Crippen molar-refractivity contribution in [2.45, 2.75) is 32.6 Å². The first-order chi connectivity index (χ1) is 10.7. The van der Waals surface area contributed by atoms with Gasteiger partial charge in [-0.1, -0.05) is 12.5 Å². The van der Waals surface area contributed by atoms with Gasteiger partial charge in [0.05, 0.1) is 11.1 Å². The summed E-state index contributed by atoms with van der Waals surface area (Å²) < 4.78 is 7.30. The van der Waals surface area contributed by atoms with Crippen LogP contribution in [-0.4, -0.2) is 44.2 Å². The SMILES string of the molecule is Cc1cc(Br)c(OCC2CCC2)c(CCN2CCNCC2)c1. The largest absolute Gasteiger partial charge is 0.492 e. The Balaban J connectivity index is 1.64. The summed E-state index contributed by atoms with van der Waals surface area (Å²) >= 11 is 3.71. The number of aryl methyl sites for hydroxylation is 1. The lowest BCUT2D eigenvalue weighted by atomic mass is 9.86. The summed E-state index contributed by atoms with van der Waals surface area (Å²) in [6.45, 7) is 8.70. The molecule has 1 aliphatic carbocycles. The smallest absolute Gasteiger partial charge is 0.136 e. The lowest BCUT2D eigenvalue weighted by molar-refractivity contribution is 0.178. The number of nitrogens with one attached hydrogen (secondary N) is 1. The molecule has 1 saturated carbocycles. The number of nitrogens with zero attached hydrogens (tertiary/aromatic N) is 1. The van der Waals surface area contributed by atoms with Crippen molar-refractivity contribution in [3.63, 3.8) is 0 Å². The number of piperazine rings is 1. The minimum absolute atomic E-state index is 0.772. The van der Waals surface area contributed by atoms with E-state index in [2.05, 4.69) is 45.2 Å². The Bertz CT molecular complexity index is 496. The Labute approximate surface area is 142 Å². The first-order valence-electron chi connectivity index (χ1n) is 8.57. The van der Waals surface area contributed by atoms with E-state index in [1.165, 1.54) is 30.4 Å². The molecule has 0 atom stereocenters. The molecule has 0 bridgehead atoms. The van der Waals surface area contributed by atoms with E-state index in [0.717, 1.165) is 61.9 Å². The van der Waals surface area contributed by atoms with Crippen molar-refractivity contribution in [3.8, 4) is 5.75 Å². The highest BCUT2D eigenvalue weighted by molar-refractivity contribution is 9.10. The molecule has 1 saturated heterocycles. The Kier molecular flexibility index (Phi) is 5.77. The van der Waals surface area contributed by atoms with Crippen molar-refractivity contribution >= 4 is 15.9 Å². The molecule has 122 valence electrons. The maximum absolute atomic E-state index is 6.19. The van der Waals surface area contributed by atoms with E-state index < -0.39 is 0 Å². The molecule has 0 aromatic heterocycles. The Morgan fingerprint density at radius 3 is 2.73 bits per heavy atom. The number of ether oxygens (including phenoxy) is 1. The molecule has 22 heavy (non-hydrogen) atoms. The van der Waals surface area contributed by atoms with Gasteiger partial charge in [-0.3, -0.25) is 0 Å². The zero-order chi connectivity index (χ0) is 15.4. The van der Waals surface area contributed by atoms with Gasteiger partial charge < -0.3 is 15.0 Å². The van der Waals surface area contributed by atoms with Crippen LogP contribution in [0, 0.1) is 12.8 Å². The van der Waals surface area contributed by atoms with Crippen LogP contribution in [-0.2, 0) is 6.42 Å². The molecule has 3 nitrogen and oxygen atoms in total. The van der Waals surface area contributed by atoms with Crippen LogP contribution in [0.15, 0.2) is 16.6 Å². The second-order valence-electron chi connectivity index (χ2n) is 6.68. The summed E-state index contributed by atoms with van der Waals surface area (Å²) in [5, 5.41) is 3.41. The highest BCUT2D eigenvalue weighted by Gasteiger charge is 2.20. The third kappa shape index (κ3) is 4.24. The first kappa shape index (κ1) is 16.3. The minimum atomic E-state index is 0.772. The average Bonchev–Trinajstić information content (AvgIpc) is 2.46. The zero-order valence-corrected chi connectivity index (χ0v) is 15.1. The number of rotatable bonds is 6. The molecule has 1 N–H and O–H groups in total. The molecule has 1 aliphatic heterocycles. The summed E-state index contributed by atoms with van der Waals surface area (Å²) in [6, 6.07) is 4.47. The summed E-state index contributed by atoms with van der Waals surface area (Å²) in [5.74, 6) is 1.85. The van der Waals surface area contributed by atoms with Crippen LogP contribution in [0.5, 0.6) is 5.75 Å². The van der Waals surface area contributed by atoms with Crippen molar-refractivity contribution in [2.24, 2.45) is 5.92 Å². The van der Waals surface area contributed by atoms with Gasteiger partial charge in [-0.25, -0.2) is 0 Å². The fourth-order valence-corrected chi connectivity index (χ4v) is 3.95. The van der Waals surface area contributed by atoms with E-state index in [0.29, 0.717) is 0 Å². The van der Waals surface area contributed by atoms with Crippen LogP contribution in [0.2, 0.25) is 0 Å². The monoisotopic (exact) mass is 366 g/mol. The number of halogens is 1. The molecular formula is C18H27BrN2O. The van der Waals surface area contributed by atoms with E-state index in [1.807, 2.05) is 0 Å². The van der Waals surface area contributed by atoms with Crippen molar-refractivity contribution < 1.29 is 4.74 Å². The van der Waals surface area contributed by atoms with E-state index >= 15 is 0 Å². The van der Waals surface area contributed by atoms with E-state index in [9.17, 15) is 0 Å². The molecule has 4 heteroatoms. The molecule has 0 spiro atoms. The van der Waals surface area contributed by atoms with E-state index in [4.69, 9.17) is 4.74 Å². The van der Waals surface area contributed by atoms with Crippen LogP contribution >= 0.6 is 15.9 Å². The van der Waals surface area contributed by atoms with Crippen molar-refractivity contribution in [3.05, 3.63) is 27.7 Å². The number of hydrogen-bond acceptors (Lipinski definition) is 3. The zero-order valence-electron chi connectivity index (χ0n) is 13.5. The quantitative estimate of drug-likeness (QED) is 0.834. The average molecular weight is 367 g/mol. The van der Waals surface area contributed by atoms with Crippen LogP contribution in [0.1, 0.15) is 30.4 Å². The van der Waals surface area contributed by atoms with Crippen molar-refractivity contribution in [1.82, 2.24) is 10.2 Å². The molecule has 1 aromatic carbocycles. The molecule has 1 aromatic rings. The summed E-state index contributed by atoms with van der Waals surface area (Å²) in [6.07, 6.45) is 5.11. The van der Waals surface area contributed by atoms with Gasteiger partial charge in [-0.2, -0.15) is 0 Å². The van der Waals surface area contributed by atoms with Crippen LogP contribution < -0.4 is 10.1 Å². The highest BCUT2D eigenvalue weighted by Crippen LogP contribution is 2.34. The predicted molar refractivity (Wildman–Crippen MR) is 94.7 cm³/mol. The van der Waals surface area contributed by atoms with Crippen molar-refractivity contribution in [2.75, 3.05) is 39.3 Å². The highest BCUT2D eigenvalue weighted by atomic mass is 79.9. The summed E-state index contributed by atoms with van der Waals surface area (Å²) in [7, 11) is 0. The fourth-order valence-electron chi connectivity index (χ4n) is 3.22. The minimum Gasteiger partial charge on any atom is -0.492 e. The number of hydrogen-bond donors (Lipinski definition) is 1. The summed E-state index contributed by atoms with van der Waals surface area (Å²) in [5.41, 5.74) is 2.66. The lowest BCUT2D eigenvalue weighted by Gasteiger charge is -2.28. The normalized spacial score (nSPS) is 19.9. The Morgan fingerprint density at radius 2 is 2.05 bits per heavy atom. The Morgan fingerprint density at radius 1 is 1.27 bits per heavy atom. The maximum Gasteiger partial charge on any atom is 0.136 e. The second-order valence-corrected chi connectivity index (χ2v) is 7.54. The molecule has 0 unspecified atom stereocenters. The van der Waals surface area contributed by atoms with Gasteiger partial charge in [0.25, 0.3) is 0 Å². The predicted octanol–water partition coefficient (Wildman–Crippen LogP) is 3.38. The van der Waals surface area contributed by atoms with Crippen molar-refractivity contribution in [1.29, 1.82) is 0 Å². The third-order valence-corrected chi connectivity index (χ3v) is 5.45. The molecule has 2 aliphatic rings. The molecule has 0 radical (unpaired) electrons. The summed E-state index contributed by atoms with van der Waals surface area (Å²) in [4.78, 5) is 2.54. The molecule has 2 fully saturated rings. The van der Waals surface area contributed by atoms with Gasteiger partial charge in [0.15, 0.2) is 0 Å². The van der Waals surface area contributed by atoms with Crippen LogP contribution in [0.3, 0.4) is 0 Å². The molecular weight excluding hydrogens is 340 g/mol. The molecule has 1 heterocycles. The topological polar surface area (TPSA) is 24.5 Å². The van der Waals surface area contributed by atoms with E-state index in [1.54, 1.807) is 0 Å². The molecule has 0 amide bonds. The van der Waals surface area contributed by atoms with Crippen LogP contribution in [0.4, 0.5) is 0 Å². The van der Waals surface area contributed by atoms with Gasteiger partial charge in [0, 0.05) is 32.7 Å². The van der Waals surface area contributed by atoms with Gasteiger partial charge in [-0.15, -0.1) is 0 Å². The second kappa shape index (κ2) is 7.80. The first-order valence-corrected chi connectivity index (χ1v) is 9.36. The van der Waals surface area contributed by atoms with Gasteiger partial charge >= 0.3 is 0 Å². The van der Waals surface area contributed by atoms with Gasteiger partial charge in [-0.05, 0) is 65.2 Å². The maximum atomic E-state index is 6.19. The number of benzene rings is 1. The Hall–Kier alpha value is -0.580. The molecule has 3 rings (SSSR count). The standard InChI is InChI=1S/C18H27BrN2O/c1-14-11-16(5-8-21-9-6-20-7-10-21)18(17(19)12-14)22-13-15-3-2-4-15/h11-12,15,20H,2-10,13H2,1H3. The lowest BCUT2D eigenvalue weighted by Crippen LogP contribution is -2.44. The van der Waals surface area contributed by atoms with Crippen LogP contribution in [0.25, 0.3) is 0 Å². The van der Waals surface area contributed by atoms with E-state index in [-0.39, 0.29) is 0 Å². The van der Waals surface area contributed by atoms with Gasteiger partial charge in [0.2, 0.25) is 0 Å². The van der Waals surface area contributed by atoms with Gasteiger partial charge in [0.1, 0.15) is 5.75 Å². The third-order valence-electron chi connectivity index (χ3n) is 4.86.